The minimum absolute atomic E-state index is 0.0126. The van der Waals surface area contributed by atoms with E-state index in [2.05, 4.69) is 10.6 Å². The molecule has 2 N–H and O–H groups in total. The van der Waals surface area contributed by atoms with Crippen LogP contribution in [-0.4, -0.2) is 73.8 Å². The van der Waals surface area contributed by atoms with Gasteiger partial charge >= 0.3 is 0 Å². The second-order valence-electron chi connectivity index (χ2n) is 6.39. The zero-order chi connectivity index (χ0) is 18.4. The van der Waals surface area contributed by atoms with Crippen molar-refractivity contribution in [1.82, 2.24) is 20.4 Å². The van der Waals surface area contributed by atoms with Crippen molar-refractivity contribution in [3.63, 3.8) is 0 Å². The Morgan fingerprint density at radius 3 is 2.16 bits per heavy atom. The maximum Gasteiger partial charge on any atom is 0.251 e. The summed E-state index contributed by atoms with van der Waals surface area (Å²) in [6, 6.07) is 5.62. The van der Waals surface area contributed by atoms with Crippen molar-refractivity contribution in [2.75, 3.05) is 46.3 Å². The highest BCUT2D eigenvalue weighted by atomic mass is 16.2. The van der Waals surface area contributed by atoms with Gasteiger partial charge in [-0.05, 0) is 26.0 Å². The number of carbonyl (C=O) groups excluding carboxylic acids is 3. The number of likely N-dealkylation sites (N-methyl/N-ethyl adjacent to an activating group) is 1. The van der Waals surface area contributed by atoms with Crippen LogP contribution in [0.15, 0.2) is 18.2 Å². The van der Waals surface area contributed by atoms with Gasteiger partial charge in [-0.1, -0.05) is 17.2 Å². The van der Waals surface area contributed by atoms with E-state index in [1.807, 2.05) is 36.9 Å². The SMILES string of the molecule is CNC(=O)CN1CCN(C(=O)CNC(=O)c2cc(C)cc(C)c2)CC1. The fourth-order valence-electron chi connectivity index (χ4n) is 2.91. The van der Waals surface area contributed by atoms with Gasteiger partial charge in [-0.25, -0.2) is 0 Å². The van der Waals surface area contributed by atoms with Crippen molar-refractivity contribution in [2.24, 2.45) is 0 Å². The summed E-state index contributed by atoms with van der Waals surface area (Å²) < 4.78 is 0. The third-order valence-electron chi connectivity index (χ3n) is 4.26. The van der Waals surface area contributed by atoms with Crippen LogP contribution < -0.4 is 10.6 Å². The zero-order valence-corrected chi connectivity index (χ0v) is 15.1. The molecule has 0 saturated carbocycles. The summed E-state index contributed by atoms with van der Waals surface area (Å²) in [6.07, 6.45) is 0. The second kappa shape index (κ2) is 8.62. The molecule has 0 bridgehead atoms. The molecule has 1 aliphatic heterocycles. The standard InChI is InChI=1S/C18H26N4O3/c1-13-8-14(2)10-15(9-13)18(25)20-11-17(24)22-6-4-21(5-7-22)12-16(23)19-3/h8-10H,4-7,11-12H2,1-3H3,(H,19,23)(H,20,25). The summed E-state index contributed by atoms with van der Waals surface area (Å²) in [7, 11) is 1.61. The van der Waals surface area contributed by atoms with Crippen LogP contribution in [0, 0.1) is 13.8 Å². The van der Waals surface area contributed by atoms with E-state index in [9.17, 15) is 14.4 Å². The maximum atomic E-state index is 12.3. The average Bonchev–Trinajstić information content (AvgIpc) is 2.59. The van der Waals surface area contributed by atoms with Crippen LogP contribution in [0.2, 0.25) is 0 Å². The molecule has 25 heavy (non-hydrogen) atoms. The molecule has 1 heterocycles. The molecule has 7 heteroatoms. The number of hydrogen-bond donors (Lipinski definition) is 2. The van der Waals surface area contributed by atoms with E-state index >= 15 is 0 Å². The fraction of sp³-hybridized carbons (Fsp3) is 0.500. The Kier molecular flexibility index (Phi) is 6.52. The number of piperazine rings is 1. The first-order valence-electron chi connectivity index (χ1n) is 8.46. The van der Waals surface area contributed by atoms with Crippen LogP contribution in [-0.2, 0) is 9.59 Å². The minimum Gasteiger partial charge on any atom is -0.358 e. The lowest BCUT2D eigenvalue weighted by molar-refractivity contribution is -0.132. The van der Waals surface area contributed by atoms with Crippen LogP contribution in [0.3, 0.4) is 0 Å². The Labute approximate surface area is 148 Å². The Hall–Kier alpha value is -2.41. The Balaban J connectivity index is 1.79. The molecule has 3 amide bonds. The third kappa shape index (κ3) is 5.56. The average molecular weight is 346 g/mol. The van der Waals surface area contributed by atoms with Crippen molar-refractivity contribution in [1.29, 1.82) is 0 Å². The molecule has 0 radical (unpaired) electrons. The Bertz CT molecular complexity index is 631. The van der Waals surface area contributed by atoms with Crippen LogP contribution in [0.5, 0.6) is 0 Å². The molecule has 7 nitrogen and oxygen atoms in total. The minimum atomic E-state index is -0.238. The molecule has 1 aromatic rings. The molecule has 0 spiro atoms. The highest BCUT2D eigenvalue weighted by molar-refractivity contribution is 5.96. The highest BCUT2D eigenvalue weighted by Crippen LogP contribution is 2.08. The molecule has 1 aromatic carbocycles. The van der Waals surface area contributed by atoms with E-state index in [4.69, 9.17) is 0 Å². The molecule has 1 saturated heterocycles. The van der Waals surface area contributed by atoms with Crippen molar-refractivity contribution in [3.05, 3.63) is 34.9 Å². The summed E-state index contributed by atoms with van der Waals surface area (Å²) in [5.41, 5.74) is 2.60. The van der Waals surface area contributed by atoms with Gasteiger partial charge in [0.15, 0.2) is 0 Å². The first-order valence-corrected chi connectivity index (χ1v) is 8.46. The van der Waals surface area contributed by atoms with Crippen molar-refractivity contribution < 1.29 is 14.4 Å². The number of benzene rings is 1. The number of aryl methyl sites for hydroxylation is 2. The first-order chi connectivity index (χ1) is 11.9. The molecular formula is C18H26N4O3. The highest BCUT2D eigenvalue weighted by Gasteiger charge is 2.22. The number of hydrogen-bond acceptors (Lipinski definition) is 4. The maximum absolute atomic E-state index is 12.3. The number of nitrogens with one attached hydrogen (secondary N) is 2. The molecule has 1 fully saturated rings. The smallest absolute Gasteiger partial charge is 0.251 e. The van der Waals surface area contributed by atoms with E-state index in [1.54, 1.807) is 11.9 Å². The molecule has 0 unspecified atom stereocenters. The molecule has 0 aromatic heterocycles. The Morgan fingerprint density at radius 2 is 1.60 bits per heavy atom. The van der Waals surface area contributed by atoms with Gasteiger partial charge in [0.05, 0.1) is 13.1 Å². The molecule has 0 aliphatic carbocycles. The molecule has 1 aliphatic rings. The van der Waals surface area contributed by atoms with E-state index in [-0.39, 0.29) is 24.3 Å². The van der Waals surface area contributed by atoms with Gasteiger partial charge in [0, 0.05) is 38.8 Å². The number of carbonyl (C=O) groups is 3. The first kappa shape index (κ1) is 18.9. The number of rotatable bonds is 5. The number of nitrogens with zero attached hydrogens (tertiary/aromatic N) is 2. The van der Waals surface area contributed by atoms with Crippen molar-refractivity contribution >= 4 is 17.7 Å². The summed E-state index contributed by atoms with van der Waals surface area (Å²) in [5.74, 6) is -0.365. The summed E-state index contributed by atoms with van der Waals surface area (Å²) in [6.45, 7) is 6.66. The third-order valence-corrected chi connectivity index (χ3v) is 4.26. The molecular weight excluding hydrogens is 320 g/mol. The summed E-state index contributed by atoms with van der Waals surface area (Å²) in [4.78, 5) is 39.6. The van der Waals surface area contributed by atoms with E-state index in [0.717, 1.165) is 11.1 Å². The monoisotopic (exact) mass is 346 g/mol. The van der Waals surface area contributed by atoms with Gasteiger partial charge in [-0.15, -0.1) is 0 Å². The molecule has 136 valence electrons. The Morgan fingerprint density at radius 1 is 1.00 bits per heavy atom. The normalized spacial score (nSPS) is 14.9. The van der Waals surface area contributed by atoms with Gasteiger partial charge < -0.3 is 15.5 Å². The van der Waals surface area contributed by atoms with Gasteiger partial charge in [0.1, 0.15) is 0 Å². The zero-order valence-electron chi connectivity index (χ0n) is 15.1. The van der Waals surface area contributed by atoms with Crippen LogP contribution >= 0.6 is 0 Å². The van der Waals surface area contributed by atoms with Gasteiger partial charge in [-0.2, -0.15) is 0 Å². The number of amides is 3. The predicted molar refractivity (Wildman–Crippen MR) is 95.3 cm³/mol. The van der Waals surface area contributed by atoms with Gasteiger partial charge in [0.2, 0.25) is 11.8 Å². The summed E-state index contributed by atoms with van der Waals surface area (Å²) in [5, 5.41) is 5.29. The van der Waals surface area contributed by atoms with Gasteiger partial charge in [-0.3, -0.25) is 19.3 Å². The van der Waals surface area contributed by atoms with E-state index < -0.39 is 0 Å². The van der Waals surface area contributed by atoms with Crippen LogP contribution in [0.4, 0.5) is 0 Å². The van der Waals surface area contributed by atoms with Crippen molar-refractivity contribution in [3.8, 4) is 0 Å². The topological polar surface area (TPSA) is 81.8 Å². The van der Waals surface area contributed by atoms with Gasteiger partial charge in [0.25, 0.3) is 5.91 Å². The molecule has 2 rings (SSSR count). The largest absolute Gasteiger partial charge is 0.358 e. The van der Waals surface area contributed by atoms with Crippen LogP contribution in [0.25, 0.3) is 0 Å². The second-order valence-corrected chi connectivity index (χ2v) is 6.39. The lowest BCUT2D eigenvalue weighted by atomic mass is 10.1. The quantitative estimate of drug-likeness (QED) is 0.782. The van der Waals surface area contributed by atoms with E-state index in [0.29, 0.717) is 38.3 Å². The summed E-state index contributed by atoms with van der Waals surface area (Å²) >= 11 is 0. The van der Waals surface area contributed by atoms with Crippen molar-refractivity contribution in [2.45, 2.75) is 13.8 Å². The van der Waals surface area contributed by atoms with E-state index in [1.165, 1.54) is 0 Å². The molecule has 0 atom stereocenters. The fourth-order valence-corrected chi connectivity index (χ4v) is 2.91. The van der Waals surface area contributed by atoms with Crippen LogP contribution in [0.1, 0.15) is 21.5 Å². The predicted octanol–water partition coefficient (Wildman–Crippen LogP) is -0.0766. The lowest BCUT2D eigenvalue weighted by Gasteiger charge is -2.34. The lowest BCUT2D eigenvalue weighted by Crippen LogP contribution is -2.52.